The average molecular weight is 388 g/mol. The molecule has 0 bridgehead atoms. The summed E-state index contributed by atoms with van der Waals surface area (Å²) in [5.41, 5.74) is 0.947. The fourth-order valence-corrected chi connectivity index (χ4v) is 5.09. The lowest BCUT2D eigenvalue weighted by molar-refractivity contribution is -0.145. The molecule has 0 saturated heterocycles. The SMILES string of the molecule is O=C(CCC(=O)c1cccs1)OCc1nc2sc3c(c2c(=O)[nH]1)CCC3. The molecular formula is C18H16N2O4S2. The molecule has 6 nitrogen and oxygen atoms in total. The monoisotopic (exact) mass is 388 g/mol. The van der Waals surface area contributed by atoms with E-state index in [9.17, 15) is 14.4 Å². The second-order valence-corrected chi connectivity index (χ2v) is 8.14. The number of Topliss-reactive ketones (excluding diaryl/α,β-unsaturated/α-hetero) is 1. The number of rotatable bonds is 6. The predicted octanol–water partition coefficient (Wildman–Crippen LogP) is 3.24. The number of nitrogens with one attached hydrogen (secondary N) is 1. The van der Waals surface area contributed by atoms with E-state index in [0.29, 0.717) is 20.9 Å². The Morgan fingerprint density at radius 3 is 2.96 bits per heavy atom. The molecule has 1 aliphatic carbocycles. The van der Waals surface area contributed by atoms with Gasteiger partial charge >= 0.3 is 5.97 Å². The molecule has 0 aromatic carbocycles. The number of carbonyl (C=O) groups excluding carboxylic acids is 2. The van der Waals surface area contributed by atoms with E-state index in [1.165, 1.54) is 16.2 Å². The molecule has 1 aliphatic rings. The summed E-state index contributed by atoms with van der Waals surface area (Å²) in [5.74, 6) is -0.218. The predicted molar refractivity (Wildman–Crippen MR) is 99.9 cm³/mol. The molecular weight excluding hydrogens is 372 g/mol. The van der Waals surface area contributed by atoms with Crippen molar-refractivity contribution in [2.24, 2.45) is 0 Å². The van der Waals surface area contributed by atoms with Crippen LogP contribution in [0.4, 0.5) is 0 Å². The number of aromatic amines is 1. The fraction of sp³-hybridized carbons (Fsp3) is 0.333. The highest BCUT2D eigenvalue weighted by Crippen LogP contribution is 2.34. The molecule has 1 N–H and O–H groups in total. The number of fused-ring (bicyclic) bond motifs is 3. The van der Waals surface area contributed by atoms with Crippen molar-refractivity contribution in [2.45, 2.75) is 38.7 Å². The molecule has 3 heterocycles. The highest BCUT2D eigenvalue weighted by atomic mass is 32.1. The highest BCUT2D eigenvalue weighted by molar-refractivity contribution is 7.18. The first kappa shape index (κ1) is 17.1. The smallest absolute Gasteiger partial charge is 0.306 e. The van der Waals surface area contributed by atoms with Crippen molar-refractivity contribution < 1.29 is 14.3 Å². The fourth-order valence-electron chi connectivity index (χ4n) is 3.11. The Morgan fingerprint density at radius 1 is 1.27 bits per heavy atom. The van der Waals surface area contributed by atoms with Crippen molar-refractivity contribution in [1.29, 1.82) is 0 Å². The van der Waals surface area contributed by atoms with Crippen molar-refractivity contribution in [2.75, 3.05) is 0 Å². The minimum atomic E-state index is -0.480. The Hall–Kier alpha value is -2.32. The molecule has 0 atom stereocenters. The molecule has 0 radical (unpaired) electrons. The lowest BCUT2D eigenvalue weighted by Gasteiger charge is -2.04. The quantitative estimate of drug-likeness (QED) is 0.517. The first-order chi connectivity index (χ1) is 12.6. The van der Waals surface area contributed by atoms with Crippen LogP contribution in [0.15, 0.2) is 22.3 Å². The van der Waals surface area contributed by atoms with E-state index in [2.05, 4.69) is 9.97 Å². The van der Waals surface area contributed by atoms with Gasteiger partial charge < -0.3 is 9.72 Å². The number of carbonyl (C=O) groups is 2. The van der Waals surface area contributed by atoms with Crippen LogP contribution in [0.3, 0.4) is 0 Å². The summed E-state index contributed by atoms with van der Waals surface area (Å²) < 4.78 is 5.16. The lowest BCUT2D eigenvalue weighted by atomic mass is 10.2. The molecule has 0 unspecified atom stereocenters. The number of hydrogen-bond acceptors (Lipinski definition) is 7. The number of ether oxygens (including phenoxy) is 1. The van der Waals surface area contributed by atoms with E-state index in [4.69, 9.17) is 4.74 Å². The molecule has 134 valence electrons. The van der Waals surface area contributed by atoms with Crippen molar-refractivity contribution in [1.82, 2.24) is 9.97 Å². The number of hydrogen-bond donors (Lipinski definition) is 1. The topological polar surface area (TPSA) is 89.1 Å². The molecule has 3 aromatic rings. The van der Waals surface area contributed by atoms with Gasteiger partial charge in [-0.25, -0.2) is 4.98 Å². The Morgan fingerprint density at radius 2 is 2.15 bits per heavy atom. The summed E-state index contributed by atoms with van der Waals surface area (Å²) >= 11 is 2.90. The van der Waals surface area contributed by atoms with E-state index >= 15 is 0 Å². The molecule has 3 aromatic heterocycles. The molecule has 8 heteroatoms. The highest BCUT2D eigenvalue weighted by Gasteiger charge is 2.21. The van der Waals surface area contributed by atoms with Crippen LogP contribution in [0, 0.1) is 0 Å². The summed E-state index contributed by atoms with van der Waals surface area (Å²) in [6, 6.07) is 3.54. The number of aromatic nitrogens is 2. The molecule has 0 aliphatic heterocycles. The lowest BCUT2D eigenvalue weighted by Crippen LogP contribution is -2.14. The summed E-state index contributed by atoms with van der Waals surface area (Å²) in [7, 11) is 0. The number of ketones is 1. The van der Waals surface area contributed by atoms with Gasteiger partial charge in [-0.15, -0.1) is 22.7 Å². The second kappa shape index (κ2) is 7.13. The van der Waals surface area contributed by atoms with Gasteiger partial charge in [0.2, 0.25) is 0 Å². The van der Waals surface area contributed by atoms with Gasteiger partial charge in [-0.2, -0.15) is 0 Å². The van der Waals surface area contributed by atoms with Crippen molar-refractivity contribution in [3.05, 3.63) is 49.0 Å². The van der Waals surface area contributed by atoms with Gasteiger partial charge in [-0.3, -0.25) is 14.4 Å². The van der Waals surface area contributed by atoms with Crippen LogP contribution >= 0.6 is 22.7 Å². The number of nitrogens with zero attached hydrogens (tertiary/aromatic N) is 1. The summed E-state index contributed by atoms with van der Waals surface area (Å²) in [6.45, 7) is -0.0974. The van der Waals surface area contributed by atoms with Crippen LogP contribution in [0.25, 0.3) is 10.2 Å². The van der Waals surface area contributed by atoms with Gasteiger partial charge in [0.1, 0.15) is 17.3 Å². The molecule has 0 spiro atoms. The minimum Gasteiger partial charge on any atom is -0.458 e. The number of aryl methyl sites for hydroxylation is 2. The van der Waals surface area contributed by atoms with E-state index in [1.54, 1.807) is 23.5 Å². The van der Waals surface area contributed by atoms with Crippen LogP contribution in [0.2, 0.25) is 0 Å². The van der Waals surface area contributed by atoms with Gasteiger partial charge in [0.05, 0.1) is 16.7 Å². The Balaban J connectivity index is 1.38. The molecule has 4 rings (SSSR count). The number of esters is 1. The van der Waals surface area contributed by atoms with Gasteiger partial charge in [0.25, 0.3) is 5.56 Å². The van der Waals surface area contributed by atoms with Crippen LogP contribution in [0.5, 0.6) is 0 Å². The van der Waals surface area contributed by atoms with Gasteiger partial charge in [0.15, 0.2) is 5.78 Å². The van der Waals surface area contributed by atoms with E-state index in [1.807, 2.05) is 5.38 Å². The van der Waals surface area contributed by atoms with E-state index in [0.717, 1.165) is 24.8 Å². The maximum Gasteiger partial charge on any atom is 0.306 e. The molecule has 0 amide bonds. The third-order valence-corrected chi connectivity index (χ3v) is 6.44. The first-order valence-electron chi connectivity index (χ1n) is 8.37. The molecule has 26 heavy (non-hydrogen) atoms. The average Bonchev–Trinajstić information content (AvgIpc) is 3.33. The third kappa shape index (κ3) is 3.34. The van der Waals surface area contributed by atoms with Crippen LogP contribution in [-0.4, -0.2) is 21.7 Å². The zero-order chi connectivity index (χ0) is 18.1. The second-order valence-electron chi connectivity index (χ2n) is 6.11. The zero-order valence-corrected chi connectivity index (χ0v) is 15.5. The maximum absolute atomic E-state index is 12.3. The van der Waals surface area contributed by atoms with Gasteiger partial charge in [0, 0.05) is 11.3 Å². The van der Waals surface area contributed by atoms with Crippen LogP contribution < -0.4 is 5.56 Å². The largest absolute Gasteiger partial charge is 0.458 e. The Labute approximate surface area is 156 Å². The van der Waals surface area contributed by atoms with Crippen LogP contribution in [-0.2, 0) is 29.0 Å². The van der Waals surface area contributed by atoms with Crippen LogP contribution in [0.1, 0.15) is 45.2 Å². The summed E-state index contributed by atoms with van der Waals surface area (Å²) in [4.78, 5) is 45.8. The number of thiophene rings is 2. The first-order valence-corrected chi connectivity index (χ1v) is 10.1. The van der Waals surface area contributed by atoms with E-state index < -0.39 is 5.97 Å². The van der Waals surface area contributed by atoms with Crippen molar-refractivity contribution in [3.63, 3.8) is 0 Å². The van der Waals surface area contributed by atoms with Gasteiger partial charge in [-0.05, 0) is 36.3 Å². The normalized spacial score (nSPS) is 13.1. The maximum atomic E-state index is 12.3. The standard InChI is InChI=1S/C18H16N2O4S2/c21-11(13-5-2-8-25-13)6-7-15(22)24-9-14-19-17(23)16-10-3-1-4-12(10)26-18(16)20-14/h2,5,8H,1,3-4,6-7,9H2,(H,19,20,23). The van der Waals surface area contributed by atoms with Gasteiger partial charge in [-0.1, -0.05) is 6.07 Å². The zero-order valence-electron chi connectivity index (χ0n) is 13.9. The van der Waals surface area contributed by atoms with E-state index in [-0.39, 0.29) is 30.8 Å². The Bertz CT molecular complexity index is 1030. The summed E-state index contributed by atoms with van der Waals surface area (Å²) in [5, 5.41) is 2.50. The Kier molecular flexibility index (Phi) is 4.69. The molecule has 0 fully saturated rings. The van der Waals surface area contributed by atoms with Crippen molar-refractivity contribution >= 4 is 44.6 Å². The van der Waals surface area contributed by atoms with Crippen molar-refractivity contribution in [3.8, 4) is 0 Å². The third-order valence-electron chi connectivity index (χ3n) is 4.35. The summed E-state index contributed by atoms with van der Waals surface area (Å²) in [6.07, 6.45) is 3.13. The molecule has 0 saturated carbocycles. The number of H-pyrrole nitrogens is 1. The minimum absolute atomic E-state index is 0.0104.